The summed E-state index contributed by atoms with van der Waals surface area (Å²) in [5.74, 6) is 0.350. The summed E-state index contributed by atoms with van der Waals surface area (Å²) in [7, 11) is 0. The number of rotatable bonds is 6. The van der Waals surface area contributed by atoms with Crippen LogP contribution >= 0.6 is 0 Å². The van der Waals surface area contributed by atoms with Crippen LogP contribution in [0.1, 0.15) is 43.0 Å². The van der Waals surface area contributed by atoms with E-state index in [0.29, 0.717) is 18.1 Å². The highest BCUT2D eigenvalue weighted by molar-refractivity contribution is 5.98. The highest BCUT2D eigenvalue weighted by Crippen LogP contribution is 2.20. The van der Waals surface area contributed by atoms with Crippen molar-refractivity contribution in [3.63, 3.8) is 0 Å². The van der Waals surface area contributed by atoms with Crippen LogP contribution in [0.25, 0.3) is 0 Å². The summed E-state index contributed by atoms with van der Waals surface area (Å²) < 4.78 is 5.54. The number of ether oxygens (including phenoxy) is 1. The zero-order valence-corrected chi connectivity index (χ0v) is 10.7. The van der Waals surface area contributed by atoms with Gasteiger partial charge in [0, 0.05) is 0 Å². The molecule has 1 aromatic rings. The Kier molecular flexibility index (Phi) is 4.87. The smallest absolute Gasteiger partial charge is 0.244 e. The number of nitrogens with zero attached hydrogens (tertiary/aromatic N) is 2. The summed E-state index contributed by atoms with van der Waals surface area (Å²) >= 11 is 0. The van der Waals surface area contributed by atoms with Crippen molar-refractivity contribution in [1.29, 1.82) is 5.41 Å². The Bertz CT molecular complexity index is 404. The summed E-state index contributed by atoms with van der Waals surface area (Å²) in [6.45, 7) is 6.44. The van der Waals surface area contributed by atoms with Crippen molar-refractivity contribution in [3.05, 3.63) is 16.8 Å². The molecule has 1 rings (SSSR count). The fraction of sp³-hybridized carbons (Fsp3) is 0.583. The topological polar surface area (TPSA) is 84.9 Å². The Labute approximate surface area is 102 Å². The molecular weight excluding hydrogens is 216 g/mol. The van der Waals surface area contributed by atoms with Gasteiger partial charge in [0.1, 0.15) is 5.84 Å². The van der Waals surface area contributed by atoms with Crippen molar-refractivity contribution in [2.45, 2.75) is 40.0 Å². The van der Waals surface area contributed by atoms with Crippen molar-refractivity contribution >= 4 is 5.84 Å². The predicted octanol–water partition coefficient (Wildman–Crippen LogP) is 1.95. The molecule has 0 spiro atoms. The summed E-state index contributed by atoms with van der Waals surface area (Å²) in [6, 6.07) is 0. The van der Waals surface area contributed by atoms with Crippen molar-refractivity contribution in [3.8, 4) is 5.88 Å². The molecule has 94 valence electrons. The number of nitrogen functional groups attached to an aromatic ring is 1. The SMILES string of the molecule is CCCCCOc1nnc(C)c(C)c1C(=N)N. The first-order chi connectivity index (χ1) is 8.07. The highest BCUT2D eigenvalue weighted by atomic mass is 16.5. The molecule has 0 fully saturated rings. The van der Waals surface area contributed by atoms with Gasteiger partial charge < -0.3 is 10.5 Å². The molecule has 0 aliphatic rings. The minimum Gasteiger partial charge on any atom is -0.476 e. The zero-order chi connectivity index (χ0) is 12.8. The Balaban J connectivity index is 2.84. The molecule has 5 nitrogen and oxygen atoms in total. The van der Waals surface area contributed by atoms with Crippen LogP contribution in [0.5, 0.6) is 5.88 Å². The highest BCUT2D eigenvalue weighted by Gasteiger charge is 2.14. The summed E-state index contributed by atoms with van der Waals surface area (Å²) in [6.07, 6.45) is 3.23. The van der Waals surface area contributed by atoms with E-state index in [1.54, 1.807) is 0 Å². The average Bonchev–Trinajstić information content (AvgIpc) is 2.28. The van der Waals surface area contributed by atoms with Crippen molar-refractivity contribution < 1.29 is 4.74 Å². The van der Waals surface area contributed by atoms with Gasteiger partial charge in [-0.2, -0.15) is 5.10 Å². The largest absolute Gasteiger partial charge is 0.476 e. The van der Waals surface area contributed by atoms with E-state index in [0.717, 1.165) is 30.5 Å². The lowest BCUT2D eigenvalue weighted by atomic mass is 10.1. The van der Waals surface area contributed by atoms with Crippen LogP contribution in [0, 0.1) is 19.3 Å². The second-order valence-electron chi connectivity index (χ2n) is 4.06. The minimum atomic E-state index is -0.0222. The molecule has 0 amide bonds. The first kappa shape index (κ1) is 13.4. The maximum Gasteiger partial charge on any atom is 0.244 e. The third-order valence-corrected chi connectivity index (χ3v) is 2.68. The van der Waals surface area contributed by atoms with Gasteiger partial charge in [-0.15, -0.1) is 5.10 Å². The van der Waals surface area contributed by atoms with E-state index in [9.17, 15) is 0 Å². The number of aryl methyl sites for hydroxylation is 1. The first-order valence-electron chi connectivity index (χ1n) is 5.89. The molecule has 0 atom stereocenters. The van der Waals surface area contributed by atoms with Crippen LogP contribution in [0.4, 0.5) is 0 Å². The molecule has 0 aromatic carbocycles. The molecule has 0 saturated heterocycles. The molecule has 3 N–H and O–H groups in total. The molecule has 0 aliphatic heterocycles. The quantitative estimate of drug-likeness (QED) is 0.449. The number of nitrogens with one attached hydrogen (secondary N) is 1. The van der Waals surface area contributed by atoms with Crippen LogP contribution in [0.15, 0.2) is 0 Å². The number of unbranched alkanes of at least 4 members (excludes halogenated alkanes) is 2. The molecule has 0 radical (unpaired) electrons. The molecule has 0 bridgehead atoms. The number of nitrogens with two attached hydrogens (primary N) is 1. The van der Waals surface area contributed by atoms with Gasteiger partial charge >= 0.3 is 0 Å². The van der Waals surface area contributed by atoms with E-state index in [1.165, 1.54) is 0 Å². The average molecular weight is 236 g/mol. The van der Waals surface area contributed by atoms with E-state index in [1.807, 2.05) is 13.8 Å². The van der Waals surface area contributed by atoms with E-state index in [2.05, 4.69) is 17.1 Å². The zero-order valence-electron chi connectivity index (χ0n) is 10.7. The van der Waals surface area contributed by atoms with Gasteiger partial charge in [0.05, 0.1) is 17.9 Å². The maximum absolute atomic E-state index is 7.56. The second kappa shape index (κ2) is 6.18. The standard InChI is InChI=1S/C12H20N4O/c1-4-5-6-7-17-12-10(11(13)14)8(2)9(3)15-16-12/h4-7H2,1-3H3,(H3,13,14). The predicted molar refractivity (Wildman–Crippen MR) is 67.5 cm³/mol. The number of amidine groups is 1. The maximum atomic E-state index is 7.56. The molecule has 1 heterocycles. The molecule has 0 saturated carbocycles. The number of hydrogen-bond donors (Lipinski definition) is 2. The van der Waals surface area contributed by atoms with E-state index < -0.39 is 0 Å². The van der Waals surface area contributed by atoms with Gasteiger partial charge in [-0.3, -0.25) is 5.41 Å². The fourth-order valence-corrected chi connectivity index (χ4v) is 1.53. The Morgan fingerprint density at radius 2 is 2.00 bits per heavy atom. The lowest BCUT2D eigenvalue weighted by molar-refractivity contribution is 0.290. The molecule has 0 unspecified atom stereocenters. The van der Waals surface area contributed by atoms with E-state index in [-0.39, 0.29) is 5.84 Å². The van der Waals surface area contributed by atoms with Crippen LogP contribution < -0.4 is 10.5 Å². The van der Waals surface area contributed by atoms with Crippen molar-refractivity contribution in [2.75, 3.05) is 6.61 Å². The molecular formula is C12H20N4O. The Morgan fingerprint density at radius 1 is 1.29 bits per heavy atom. The Hall–Kier alpha value is -1.65. The van der Waals surface area contributed by atoms with Crippen LogP contribution in [-0.2, 0) is 0 Å². The van der Waals surface area contributed by atoms with Gasteiger partial charge in [-0.1, -0.05) is 19.8 Å². The summed E-state index contributed by atoms with van der Waals surface area (Å²) in [4.78, 5) is 0. The fourth-order valence-electron chi connectivity index (χ4n) is 1.53. The minimum absolute atomic E-state index is 0.0222. The van der Waals surface area contributed by atoms with Gasteiger partial charge in [-0.25, -0.2) is 0 Å². The lowest BCUT2D eigenvalue weighted by Crippen LogP contribution is -2.18. The number of hydrogen-bond acceptors (Lipinski definition) is 4. The van der Waals surface area contributed by atoms with Gasteiger partial charge in [-0.05, 0) is 25.8 Å². The van der Waals surface area contributed by atoms with Crippen LogP contribution in [0.3, 0.4) is 0 Å². The van der Waals surface area contributed by atoms with Crippen LogP contribution in [0.2, 0.25) is 0 Å². The molecule has 0 aliphatic carbocycles. The van der Waals surface area contributed by atoms with Crippen molar-refractivity contribution in [1.82, 2.24) is 10.2 Å². The third-order valence-electron chi connectivity index (χ3n) is 2.68. The van der Waals surface area contributed by atoms with Crippen molar-refractivity contribution in [2.24, 2.45) is 5.73 Å². The lowest BCUT2D eigenvalue weighted by Gasteiger charge is -2.12. The van der Waals surface area contributed by atoms with E-state index in [4.69, 9.17) is 15.9 Å². The Morgan fingerprint density at radius 3 is 2.59 bits per heavy atom. The van der Waals surface area contributed by atoms with Crippen LogP contribution in [-0.4, -0.2) is 22.6 Å². The van der Waals surface area contributed by atoms with Gasteiger partial charge in [0.25, 0.3) is 0 Å². The second-order valence-corrected chi connectivity index (χ2v) is 4.06. The monoisotopic (exact) mass is 236 g/mol. The van der Waals surface area contributed by atoms with Gasteiger partial charge in [0.2, 0.25) is 5.88 Å². The molecule has 17 heavy (non-hydrogen) atoms. The third kappa shape index (κ3) is 3.41. The normalized spacial score (nSPS) is 10.3. The number of aromatic nitrogens is 2. The first-order valence-corrected chi connectivity index (χ1v) is 5.89. The van der Waals surface area contributed by atoms with Gasteiger partial charge in [0.15, 0.2) is 0 Å². The summed E-state index contributed by atoms with van der Waals surface area (Å²) in [5, 5.41) is 15.5. The molecule has 5 heteroatoms. The summed E-state index contributed by atoms with van der Waals surface area (Å²) in [5.41, 5.74) is 7.75. The molecule has 1 aromatic heterocycles. The van der Waals surface area contributed by atoms with E-state index >= 15 is 0 Å².